The van der Waals surface area contributed by atoms with Crippen molar-refractivity contribution in [1.29, 1.82) is 0 Å². The summed E-state index contributed by atoms with van der Waals surface area (Å²) in [6.07, 6.45) is 5.23. The van der Waals surface area contributed by atoms with Gasteiger partial charge in [0.1, 0.15) is 5.82 Å². The molecule has 5 aromatic rings. The molecule has 1 heterocycles. The number of hydrogen-bond donors (Lipinski definition) is 0. The van der Waals surface area contributed by atoms with E-state index in [1.165, 1.54) is 50.2 Å². The molecule has 0 fully saturated rings. The van der Waals surface area contributed by atoms with Crippen molar-refractivity contribution >= 4 is 0 Å². The summed E-state index contributed by atoms with van der Waals surface area (Å²) in [6.45, 7) is 18.7. The molecule has 0 aliphatic rings. The summed E-state index contributed by atoms with van der Waals surface area (Å²) in [5.74, 6) is 2.12. The van der Waals surface area contributed by atoms with Gasteiger partial charge in [-0.25, -0.2) is 4.98 Å². The average molecular weight is 555 g/mol. The third-order valence-corrected chi connectivity index (χ3v) is 9.38. The van der Waals surface area contributed by atoms with Crippen LogP contribution in [-0.2, 0) is 5.41 Å². The first-order valence-electron chi connectivity index (χ1n) is 15.6. The molecule has 0 bridgehead atoms. The zero-order chi connectivity index (χ0) is 30.0. The van der Waals surface area contributed by atoms with Crippen molar-refractivity contribution in [2.24, 2.45) is 5.92 Å². The van der Waals surface area contributed by atoms with E-state index in [-0.39, 0.29) is 5.41 Å². The van der Waals surface area contributed by atoms with Crippen molar-refractivity contribution in [2.45, 2.75) is 79.1 Å². The van der Waals surface area contributed by atoms with Crippen LogP contribution >= 0.6 is 0 Å². The maximum Gasteiger partial charge on any atom is 0.144 e. The van der Waals surface area contributed by atoms with Gasteiger partial charge in [0.2, 0.25) is 0 Å². The van der Waals surface area contributed by atoms with Crippen molar-refractivity contribution in [3.63, 3.8) is 0 Å². The highest BCUT2D eigenvalue weighted by Crippen LogP contribution is 2.46. The first-order valence-corrected chi connectivity index (χ1v) is 15.6. The molecule has 2 heteroatoms. The largest absolute Gasteiger partial charge is 0.299 e. The molecule has 0 amide bonds. The van der Waals surface area contributed by atoms with Crippen LogP contribution in [0.3, 0.4) is 0 Å². The summed E-state index contributed by atoms with van der Waals surface area (Å²) in [4.78, 5) is 5.10. The van der Waals surface area contributed by atoms with Gasteiger partial charge in [-0.15, -0.1) is 0 Å². The zero-order valence-electron chi connectivity index (χ0n) is 26.6. The first kappa shape index (κ1) is 29.6. The van der Waals surface area contributed by atoms with Crippen LogP contribution in [0.15, 0.2) is 103 Å². The standard InChI is InChI=1S/C40H46N2/c1-9-40(8,29(6)7)35-23-17-16-22-32(35)39-41-24-25-42(39)38-36(27(2)3)33(30-18-12-10-13-19-30)26-34(37(38)28(4)5)31-20-14-11-15-21-31/h10-29H,9H2,1-8H3. The van der Waals surface area contributed by atoms with Crippen molar-refractivity contribution in [3.05, 3.63) is 120 Å². The third kappa shape index (κ3) is 5.24. The highest BCUT2D eigenvalue weighted by atomic mass is 15.1. The fraction of sp³-hybridized carbons (Fsp3) is 0.325. The predicted molar refractivity (Wildman–Crippen MR) is 181 cm³/mol. The highest BCUT2D eigenvalue weighted by Gasteiger charge is 2.33. The maximum atomic E-state index is 5.10. The van der Waals surface area contributed by atoms with Gasteiger partial charge in [0.25, 0.3) is 0 Å². The van der Waals surface area contributed by atoms with E-state index in [2.05, 4.69) is 157 Å². The fourth-order valence-corrected chi connectivity index (χ4v) is 6.61. The van der Waals surface area contributed by atoms with Gasteiger partial charge >= 0.3 is 0 Å². The zero-order valence-corrected chi connectivity index (χ0v) is 26.6. The number of aromatic nitrogens is 2. The number of rotatable bonds is 9. The van der Waals surface area contributed by atoms with Gasteiger partial charge < -0.3 is 0 Å². The molecule has 1 unspecified atom stereocenters. The van der Waals surface area contributed by atoms with Gasteiger partial charge in [0, 0.05) is 18.0 Å². The quantitative estimate of drug-likeness (QED) is 0.177. The van der Waals surface area contributed by atoms with Crippen LogP contribution in [0.1, 0.15) is 90.3 Å². The fourth-order valence-electron chi connectivity index (χ4n) is 6.61. The van der Waals surface area contributed by atoms with Gasteiger partial charge in [-0.3, -0.25) is 4.57 Å². The normalized spacial score (nSPS) is 13.2. The van der Waals surface area contributed by atoms with Crippen LogP contribution in [0, 0.1) is 5.92 Å². The minimum absolute atomic E-state index is 0.0379. The summed E-state index contributed by atoms with van der Waals surface area (Å²) in [7, 11) is 0. The summed E-state index contributed by atoms with van der Waals surface area (Å²) < 4.78 is 2.40. The molecule has 0 spiro atoms. The lowest BCUT2D eigenvalue weighted by molar-refractivity contribution is 0.327. The Morgan fingerprint density at radius 2 is 1.17 bits per heavy atom. The van der Waals surface area contributed by atoms with Crippen LogP contribution < -0.4 is 0 Å². The Hall–Kier alpha value is -3.91. The molecule has 1 aromatic heterocycles. The Balaban J connectivity index is 1.92. The Kier molecular flexibility index (Phi) is 8.55. The molecule has 5 rings (SSSR count). The van der Waals surface area contributed by atoms with Gasteiger partial charge in [0.05, 0.1) is 5.69 Å². The summed E-state index contributed by atoms with van der Waals surface area (Å²) in [6, 6.07) is 33.1. The van der Waals surface area contributed by atoms with Gasteiger partial charge in [-0.2, -0.15) is 0 Å². The Labute approximate surface area is 253 Å². The van der Waals surface area contributed by atoms with Gasteiger partial charge in [-0.05, 0) is 74.6 Å². The van der Waals surface area contributed by atoms with E-state index in [1.807, 2.05) is 6.20 Å². The number of nitrogens with zero attached hydrogens (tertiary/aromatic N) is 2. The van der Waals surface area contributed by atoms with E-state index in [0.717, 1.165) is 12.2 Å². The molecule has 2 nitrogen and oxygen atoms in total. The van der Waals surface area contributed by atoms with Gasteiger partial charge in [0.15, 0.2) is 0 Å². The first-order chi connectivity index (χ1) is 20.2. The third-order valence-electron chi connectivity index (χ3n) is 9.38. The number of benzene rings is 4. The second kappa shape index (κ2) is 12.1. The van der Waals surface area contributed by atoms with Crippen LogP contribution in [-0.4, -0.2) is 9.55 Å². The van der Waals surface area contributed by atoms with Crippen LogP contribution in [0.4, 0.5) is 0 Å². The molecular weight excluding hydrogens is 508 g/mol. The Morgan fingerprint density at radius 3 is 1.64 bits per heavy atom. The molecule has 0 saturated heterocycles. The summed E-state index contributed by atoms with van der Waals surface area (Å²) in [5, 5.41) is 0. The summed E-state index contributed by atoms with van der Waals surface area (Å²) >= 11 is 0. The summed E-state index contributed by atoms with van der Waals surface area (Å²) in [5.41, 5.74) is 11.7. The van der Waals surface area contributed by atoms with Crippen molar-refractivity contribution in [3.8, 4) is 39.3 Å². The highest BCUT2D eigenvalue weighted by molar-refractivity contribution is 5.85. The molecule has 216 valence electrons. The van der Waals surface area contributed by atoms with E-state index in [9.17, 15) is 0 Å². The van der Waals surface area contributed by atoms with E-state index in [1.54, 1.807) is 0 Å². The minimum Gasteiger partial charge on any atom is -0.299 e. The van der Waals surface area contributed by atoms with E-state index in [4.69, 9.17) is 4.98 Å². The van der Waals surface area contributed by atoms with Crippen LogP contribution in [0.2, 0.25) is 0 Å². The van der Waals surface area contributed by atoms with Crippen LogP contribution in [0.5, 0.6) is 0 Å². The topological polar surface area (TPSA) is 17.8 Å². The monoisotopic (exact) mass is 554 g/mol. The number of hydrogen-bond acceptors (Lipinski definition) is 1. The molecule has 0 aliphatic heterocycles. The molecule has 42 heavy (non-hydrogen) atoms. The molecule has 0 saturated carbocycles. The molecular formula is C40H46N2. The molecule has 0 radical (unpaired) electrons. The van der Waals surface area contributed by atoms with Gasteiger partial charge in [-0.1, -0.05) is 140 Å². The lowest BCUT2D eigenvalue weighted by Gasteiger charge is -2.35. The molecule has 1 atom stereocenters. The SMILES string of the molecule is CCC(C)(c1ccccc1-c1nccn1-c1c(C(C)C)c(-c2ccccc2)cc(-c2ccccc2)c1C(C)C)C(C)C. The lowest BCUT2D eigenvalue weighted by Crippen LogP contribution is -2.28. The predicted octanol–water partition coefficient (Wildman–Crippen LogP) is 11.4. The van der Waals surface area contributed by atoms with Crippen molar-refractivity contribution < 1.29 is 0 Å². The van der Waals surface area contributed by atoms with E-state index < -0.39 is 0 Å². The second-order valence-corrected chi connectivity index (χ2v) is 12.8. The molecule has 0 aliphatic carbocycles. The van der Waals surface area contributed by atoms with Crippen molar-refractivity contribution in [1.82, 2.24) is 9.55 Å². The maximum absolute atomic E-state index is 5.10. The van der Waals surface area contributed by atoms with E-state index in [0.29, 0.717) is 17.8 Å². The lowest BCUT2D eigenvalue weighted by atomic mass is 9.70. The molecule has 4 aromatic carbocycles. The number of imidazole rings is 1. The smallest absolute Gasteiger partial charge is 0.144 e. The van der Waals surface area contributed by atoms with Crippen LogP contribution in [0.25, 0.3) is 39.3 Å². The average Bonchev–Trinajstić information content (AvgIpc) is 3.50. The minimum atomic E-state index is 0.0379. The van der Waals surface area contributed by atoms with Crippen molar-refractivity contribution in [2.75, 3.05) is 0 Å². The second-order valence-electron chi connectivity index (χ2n) is 12.8. The Morgan fingerprint density at radius 1 is 0.667 bits per heavy atom. The van der Waals surface area contributed by atoms with E-state index >= 15 is 0 Å². The molecule has 0 N–H and O–H groups in total. The Bertz CT molecular complexity index is 1570.